The molecule has 4 unspecified atom stereocenters. The Morgan fingerprint density at radius 1 is 1.00 bits per heavy atom. The molecule has 1 aromatic heterocycles. The van der Waals surface area contributed by atoms with Gasteiger partial charge in [0.2, 0.25) is 17.7 Å². The van der Waals surface area contributed by atoms with Crippen molar-refractivity contribution >= 4 is 47.2 Å². The van der Waals surface area contributed by atoms with Crippen molar-refractivity contribution < 1.29 is 29.4 Å². The molecule has 1 rings (SSSR count). The summed E-state index contributed by atoms with van der Waals surface area (Å²) in [5, 5.41) is 26.1. The number of H-pyrrole nitrogens is 1. The van der Waals surface area contributed by atoms with Gasteiger partial charge in [0.15, 0.2) is 0 Å². The first-order chi connectivity index (χ1) is 15.7. The van der Waals surface area contributed by atoms with E-state index in [1.165, 1.54) is 36.0 Å². The Labute approximate surface area is 200 Å². The quantitative estimate of drug-likeness (QED) is 0.136. The van der Waals surface area contributed by atoms with E-state index in [0.29, 0.717) is 17.2 Å². The minimum absolute atomic E-state index is 0.0397. The number of aromatic nitrogens is 2. The largest absolute Gasteiger partial charge is 0.480 e. The van der Waals surface area contributed by atoms with E-state index in [-0.39, 0.29) is 19.3 Å². The summed E-state index contributed by atoms with van der Waals surface area (Å²) in [6.07, 6.45) is 7.11. The van der Waals surface area contributed by atoms with Crippen LogP contribution < -0.4 is 21.7 Å². The molecule has 33 heavy (non-hydrogen) atoms. The van der Waals surface area contributed by atoms with Gasteiger partial charge in [-0.05, 0) is 36.9 Å². The summed E-state index contributed by atoms with van der Waals surface area (Å²) in [4.78, 5) is 56.2. The van der Waals surface area contributed by atoms with Gasteiger partial charge in [-0.2, -0.15) is 23.5 Å². The Bertz CT molecular complexity index is 766. The van der Waals surface area contributed by atoms with E-state index in [9.17, 15) is 24.3 Å². The highest BCUT2D eigenvalue weighted by molar-refractivity contribution is 7.98. The van der Waals surface area contributed by atoms with Gasteiger partial charge < -0.3 is 36.9 Å². The van der Waals surface area contributed by atoms with Gasteiger partial charge in [-0.1, -0.05) is 0 Å². The highest BCUT2D eigenvalue weighted by atomic mass is 32.2. The molecule has 4 atom stereocenters. The number of imidazole rings is 1. The monoisotopic (exact) mass is 504 g/mol. The van der Waals surface area contributed by atoms with Crippen LogP contribution in [0.5, 0.6) is 0 Å². The maximum atomic E-state index is 13.0. The third kappa shape index (κ3) is 10.5. The molecule has 1 aromatic rings. The van der Waals surface area contributed by atoms with Crippen LogP contribution in [0.1, 0.15) is 18.5 Å². The number of nitrogens with one attached hydrogen (secondary N) is 4. The average Bonchev–Trinajstić information content (AvgIpc) is 3.30. The molecule has 14 heteroatoms. The second-order valence-corrected chi connectivity index (χ2v) is 9.13. The molecular weight excluding hydrogens is 472 g/mol. The lowest BCUT2D eigenvalue weighted by molar-refractivity contribution is -0.142. The number of carbonyl (C=O) groups is 4. The number of nitrogens with two attached hydrogens (primary N) is 1. The molecule has 0 aliphatic rings. The highest BCUT2D eigenvalue weighted by Gasteiger charge is 2.30. The average molecular weight is 505 g/mol. The Balaban J connectivity index is 2.97. The van der Waals surface area contributed by atoms with E-state index >= 15 is 0 Å². The predicted molar refractivity (Wildman–Crippen MR) is 127 cm³/mol. The summed E-state index contributed by atoms with van der Waals surface area (Å²) >= 11 is 2.92. The van der Waals surface area contributed by atoms with Crippen molar-refractivity contribution in [1.82, 2.24) is 25.9 Å². The van der Waals surface area contributed by atoms with Crippen LogP contribution in [0.2, 0.25) is 0 Å². The number of aliphatic hydroxyl groups excluding tert-OH is 1. The number of carboxylic acids is 1. The summed E-state index contributed by atoms with van der Waals surface area (Å²) in [6.45, 7) is -0.602. The molecule has 3 amide bonds. The summed E-state index contributed by atoms with van der Waals surface area (Å²) in [5.41, 5.74) is 6.10. The maximum Gasteiger partial charge on any atom is 0.326 e. The predicted octanol–water partition coefficient (Wildman–Crippen LogP) is -1.68. The van der Waals surface area contributed by atoms with Gasteiger partial charge in [0, 0.05) is 18.3 Å². The van der Waals surface area contributed by atoms with Gasteiger partial charge in [-0.15, -0.1) is 0 Å². The molecule has 0 bridgehead atoms. The zero-order chi connectivity index (χ0) is 24.8. The lowest BCUT2D eigenvalue weighted by Crippen LogP contribution is -2.58. The molecule has 0 saturated carbocycles. The Morgan fingerprint density at radius 2 is 1.55 bits per heavy atom. The van der Waals surface area contributed by atoms with Crippen molar-refractivity contribution in [3.8, 4) is 0 Å². The van der Waals surface area contributed by atoms with Crippen LogP contribution in [-0.2, 0) is 25.6 Å². The number of rotatable bonds is 16. The van der Waals surface area contributed by atoms with Crippen molar-refractivity contribution in [1.29, 1.82) is 0 Å². The Morgan fingerprint density at radius 3 is 2.06 bits per heavy atom. The first-order valence-corrected chi connectivity index (χ1v) is 13.0. The number of hydrogen-bond donors (Lipinski definition) is 7. The Kier molecular flexibility index (Phi) is 13.5. The standard InChI is InChI=1S/C19H32N6O6S2/c1-32-5-3-13(17(28)24-14(19(30)31)4-6-33-2)23-18(29)15(7-11-8-21-10-22-11)25-16(27)12(20)9-26/h8,10,12-15,26H,3-7,9,20H2,1-2H3,(H,21,22)(H,23,29)(H,24,28)(H,25,27)(H,30,31). The molecule has 186 valence electrons. The van der Waals surface area contributed by atoms with Gasteiger partial charge in [0.05, 0.1) is 12.9 Å². The summed E-state index contributed by atoms with van der Waals surface area (Å²) in [5.74, 6) is -2.08. The van der Waals surface area contributed by atoms with Crippen LogP contribution >= 0.6 is 23.5 Å². The second-order valence-electron chi connectivity index (χ2n) is 7.15. The second kappa shape index (κ2) is 15.5. The molecular formula is C19H32N6O6S2. The molecule has 0 spiro atoms. The van der Waals surface area contributed by atoms with E-state index in [4.69, 9.17) is 10.8 Å². The molecule has 0 saturated heterocycles. The smallest absolute Gasteiger partial charge is 0.326 e. The molecule has 0 radical (unpaired) electrons. The van der Waals surface area contributed by atoms with Crippen LogP contribution in [-0.4, -0.2) is 98.7 Å². The number of nitrogens with zero attached hydrogens (tertiary/aromatic N) is 1. The van der Waals surface area contributed by atoms with Crippen LogP contribution in [0, 0.1) is 0 Å². The minimum Gasteiger partial charge on any atom is -0.480 e. The van der Waals surface area contributed by atoms with Crippen LogP contribution in [0.15, 0.2) is 12.5 Å². The molecule has 0 aliphatic heterocycles. The van der Waals surface area contributed by atoms with Crippen molar-refractivity contribution in [2.75, 3.05) is 30.6 Å². The topological polar surface area (TPSA) is 200 Å². The van der Waals surface area contributed by atoms with E-state index in [1.54, 1.807) is 0 Å². The number of thioether (sulfide) groups is 2. The number of aliphatic carboxylic acids is 1. The van der Waals surface area contributed by atoms with Gasteiger partial charge in [0.25, 0.3) is 0 Å². The third-order valence-corrected chi connectivity index (χ3v) is 5.90. The number of carbonyl (C=O) groups excluding carboxylic acids is 3. The highest BCUT2D eigenvalue weighted by Crippen LogP contribution is 2.07. The Hall–Kier alpha value is -2.29. The van der Waals surface area contributed by atoms with Crippen LogP contribution in [0.3, 0.4) is 0 Å². The zero-order valence-electron chi connectivity index (χ0n) is 18.6. The number of aromatic amines is 1. The summed E-state index contributed by atoms with van der Waals surface area (Å²) < 4.78 is 0. The first-order valence-electron chi connectivity index (χ1n) is 10.2. The molecule has 1 heterocycles. The maximum absolute atomic E-state index is 13.0. The minimum atomic E-state index is -1.22. The van der Waals surface area contributed by atoms with Gasteiger partial charge >= 0.3 is 5.97 Å². The number of amides is 3. The van der Waals surface area contributed by atoms with Crippen LogP contribution in [0.25, 0.3) is 0 Å². The fourth-order valence-electron chi connectivity index (χ4n) is 2.73. The van der Waals surface area contributed by atoms with Crippen molar-refractivity contribution in [3.63, 3.8) is 0 Å². The van der Waals surface area contributed by atoms with E-state index < -0.39 is 54.5 Å². The van der Waals surface area contributed by atoms with Crippen molar-refractivity contribution in [2.45, 2.75) is 43.4 Å². The van der Waals surface area contributed by atoms with E-state index in [1.807, 2.05) is 12.5 Å². The molecule has 8 N–H and O–H groups in total. The fourth-order valence-corrected chi connectivity index (χ4v) is 3.67. The van der Waals surface area contributed by atoms with Crippen LogP contribution in [0.4, 0.5) is 0 Å². The van der Waals surface area contributed by atoms with E-state index in [2.05, 4.69) is 25.9 Å². The first kappa shape index (κ1) is 28.7. The summed E-state index contributed by atoms with van der Waals surface area (Å²) in [6, 6.07) is -4.41. The number of hydrogen-bond acceptors (Lipinski definition) is 9. The lowest BCUT2D eigenvalue weighted by atomic mass is 10.1. The summed E-state index contributed by atoms with van der Waals surface area (Å²) in [7, 11) is 0. The van der Waals surface area contributed by atoms with Gasteiger partial charge in [-0.3, -0.25) is 14.4 Å². The van der Waals surface area contributed by atoms with Crippen molar-refractivity contribution in [2.24, 2.45) is 5.73 Å². The molecule has 0 aromatic carbocycles. The van der Waals surface area contributed by atoms with Gasteiger partial charge in [-0.25, -0.2) is 9.78 Å². The SMILES string of the molecule is CSCCC(NC(=O)C(CCSC)NC(=O)C(Cc1cnc[nH]1)NC(=O)C(N)CO)C(=O)O. The number of carboxylic acid groups (broad SMARTS) is 1. The fraction of sp³-hybridized carbons (Fsp3) is 0.632. The zero-order valence-corrected chi connectivity index (χ0v) is 20.2. The molecule has 12 nitrogen and oxygen atoms in total. The lowest BCUT2D eigenvalue weighted by Gasteiger charge is -2.25. The normalized spacial score (nSPS) is 14.5. The number of aliphatic hydroxyl groups is 1. The third-order valence-electron chi connectivity index (χ3n) is 4.61. The van der Waals surface area contributed by atoms with Crippen molar-refractivity contribution in [3.05, 3.63) is 18.2 Å². The molecule has 0 fully saturated rings. The van der Waals surface area contributed by atoms with Gasteiger partial charge in [0.1, 0.15) is 24.2 Å². The molecule has 0 aliphatic carbocycles. The van der Waals surface area contributed by atoms with E-state index in [0.717, 1.165) is 0 Å².